The van der Waals surface area contributed by atoms with Crippen LogP contribution in [-0.2, 0) is 20.4 Å². The number of benzene rings is 2. The van der Waals surface area contributed by atoms with Crippen molar-refractivity contribution >= 4 is 39.8 Å². The normalized spacial score (nSPS) is 18.5. The second kappa shape index (κ2) is 9.43. The Kier molecular flexibility index (Phi) is 6.61. The monoisotopic (exact) mass is 466 g/mol. The summed E-state index contributed by atoms with van der Waals surface area (Å²) in [6.07, 6.45) is 4.99. The molecule has 2 aromatic rings. The summed E-state index contributed by atoms with van der Waals surface area (Å²) in [5.41, 5.74) is 10.7. The van der Waals surface area contributed by atoms with Crippen molar-refractivity contribution in [3.05, 3.63) is 70.5 Å². The molecule has 5 nitrogen and oxygen atoms in total. The van der Waals surface area contributed by atoms with Crippen LogP contribution >= 0.6 is 0 Å². The molecular weight excluding hydrogens is 439 g/mol. The van der Waals surface area contributed by atoms with Gasteiger partial charge in [-0.1, -0.05) is 18.2 Å². The number of rotatable bonds is 5. The molecule has 7 heteroatoms. The lowest BCUT2D eigenvalue weighted by Gasteiger charge is -2.31. The summed E-state index contributed by atoms with van der Waals surface area (Å²) in [7, 11) is -1.05. The second-order valence-corrected chi connectivity index (χ2v) is 9.99. The third-order valence-electron chi connectivity index (χ3n) is 6.55. The van der Waals surface area contributed by atoms with Crippen LogP contribution in [-0.4, -0.2) is 40.3 Å². The lowest BCUT2D eigenvalue weighted by Crippen LogP contribution is -2.41. The van der Waals surface area contributed by atoms with Crippen molar-refractivity contribution < 1.29 is 18.2 Å². The van der Waals surface area contributed by atoms with E-state index in [4.69, 9.17) is 5.73 Å². The molecule has 0 spiro atoms. The number of hydrogen-bond acceptors (Lipinski definition) is 3. The molecule has 1 aliphatic carbocycles. The van der Waals surface area contributed by atoms with E-state index in [9.17, 15) is 18.2 Å². The Hall–Kier alpha value is -3.06. The molecule has 1 heterocycles. The fourth-order valence-corrected chi connectivity index (χ4v) is 5.10. The molecule has 0 bridgehead atoms. The molecule has 1 fully saturated rings. The standard InChI is InChI=1S/C26H27FN2O3S/c1-16-22(13-17-3-6-20(7-4-17)33(2)32)21-8-5-19(27)14-24(21)23(16)15-25(30)29-11-9-18(10-12-29)26(28)31/h3-8,13-14,18H,9-12,15H2,1-2H3,(H2,28,31)/b22-13+/t33-/m0/s1. The molecule has 0 radical (unpaired) electrons. The van der Waals surface area contributed by atoms with Gasteiger partial charge in [-0.25, -0.2) is 4.39 Å². The molecule has 33 heavy (non-hydrogen) atoms. The molecule has 0 aromatic heterocycles. The molecule has 1 aliphatic heterocycles. The van der Waals surface area contributed by atoms with Crippen molar-refractivity contribution in [3.8, 4) is 0 Å². The predicted molar refractivity (Wildman–Crippen MR) is 129 cm³/mol. The Balaban J connectivity index is 1.62. The number of hydrogen-bond donors (Lipinski definition) is 1. The molecule has 1 saturated heterocycles. The number of likely N-dealkylation sites (tertiary alicyclic amines) is 1. The van der Waals surface area contributed by atoms with Crippen molar-refractivity contribution in [2.75, 3.05) is 19.3 Å². The molecule has 0 unspecified atom stereocenters. The molecule has 2 N–H and O–H groups in total. The average Bonchev–Trinajstić information content (AvgIpc) is 3.04. The summed E-state index contributed by atoms with van der Waals surface area (Å²) in [6, 6.07) is 12.2. The van der Waals surface area contributed by atoms with Crippen molar-refractivity contribution in [1.29, 1.82) is 0 Å². The summed E-state index contributed by atoms with van der Waals surface area (Å²) >= 11 is 0. The Morgan fingerprint density at radius 1 is 1.12 bits per heavy atom. The lowest BCUT2D eigenvalue weighted by molar-refractivity contribution is -0.133. The van der Waals surface area contributed by atoms with Crippen LogP contribution in [0.3, 0.4) is 0 Å². The van der Waals surface area contributed by atoms with E-state index < -0.39 is 10.8 Å². The van der Waals surface area contributed by atoms with E-state index in [1.165, 1.54) is 12.1 Å². The van der Waals surface area contributed by atoms with Crippen LogP contribution in [0.15, 0.2) is 52.9 Å². The van der Waals surface area contributed by atoms with Crippen molar-refractivity contribution in [1.82, 2.24) is 4.90 Å². The van der Waals surface area contributed by atoms with Gasteiger partial charge in [0.2, 0.25) is 11.8 Å². The second-order valence-electron chi connectivity index (χ2n) is 8.61. The average molecular weight is 467 g/mol. The van der Waals surface area contributed by atoms with Gasteiger partial charge in [-0.05, 0) is 83.5 Å². The Morgan fingerprint density at radius 2 is 1.79 bits per heavy atom. The third-order valence-corrected chi connectivity index (χ3v) is 7.49. The number of fused-ring (bicyclic) bond motifs is 1. The van der Waals surface area contributed by atoms with Crippen LogP contribution in [0.5, 0.6) is 0 Å². The maximum Gasteiger partial charge on any atom is 0.227 e. The smallest absolute Gasteiger partial charge is 0.227 e. The van der Waals surface area contributed by atoms with Gasteiger partial charge in [0.15, 0.2) is 0 Å². The number of nitrogens with zero attached hydrogens (tertiary/aromatic N) is 1. The van der Waals surface area contributed by atoms with Crippen LogP contribution in [0, 0.1) is 11.7 Å². The number of amides is 2. The first-order valence-electron chi connectivity index (χ1n) is 11.0. The van der Waals surface area contributed by atoms with Crippen molar-refractivity contribution in [2.24, 2.45) is 11.7 Å². The van der Waals surface area contributed by atoms with E-state index in [-0.39, 0.29) is 30.0 Å². The number of carbonyl (C=O) groups is 2. The topological polar surface area (TPSA) is 80.5 Å². The molecular formula is C26H27FN2O3S. The van der Waals surface area contributed by atoms with Gasteiger partial charge in [0.05, 0.1) is 6.42 Å². The number of primary amides is 1. The zero-order chi connectivity index (χ0) is 23.7. The van der Waals surface area contributed by atoms with Gasteiger partial charge in [-0.15, -0.1) is 0 Å². The highest BCUT2D eigenvalue weighted by molar-refractivity contribution is 7.84. The molecule has 1 atom stereocenters. The summed E-state index contributed by atoms with van der Waals surface area (Å²) in [5.74, 6) is -0.862. The minimum absolute atomic E-state index is 0.0292. The van der Waals surface area contributed by atoms with Crippen molar-refractivity contribution in [3.63, 3.8) is 0 Å². The molecule has 2 amide bonds. The number of carbonyl (C=O) groups excluding carboxylic acids is 2. The summed E-state index contributed by atoms with van der Waals surface area (Å²) in [4.78, 5) is 27.0. The molecule has 4 rings (SSSR count). The van der Waals surface area contributed by atoms with Gasteiger partial charge >= 0.3 is 0 Å². The van der Waals surface area contributed by atoms with E-state index >= 15 is 0 Å². The summed E-state index contributed by atoms with van der Waals surface area (Å²) in [5, 5.41) is 0. The molecule has 0 saturated carbocycles. The first-order valence-corrected chi connectivity index (χ1v) is 12.5. The van der Waals surface area contributed by atoms with Gasteiger partial charge in [-0.2, -0.15) is 0 Å². The van der Waals surface area contributed by atoms with E-state index in [1.807, 2.05) is 37.3 Å². The Morgan fingerprint density at radius 3 is 2.39 bits per heavy atom. The summed E-state index contributed by atoms with van der Waals surface area (Å²) in [6.45, 7) is 2.96. The number of allylic oxidation sites excluding steroid dienone is 2. The van der Waals surface area contributed by atoms with Gasteiger partial charge in [-0.3, -0.25) is 13.8 Å². The Labute approximate surface area is 195 Å². The Bertz CT molecular complexity index is 1190. The maximum atomic E-state index is 14.1. The molecule has 2 aliphatic rings. The zero-order valence-electron chi connectivity index (χ0n) is 18.8. The van der Waals surface area contributed by atoms with Crippen LogP contribution in [0.4, 0.5) is 4.39 Å². The van der Waals surface area contributed by atoms with Crippen LogP contribution in [0.25, 0.3) is 17.2 Å². The van der Waals surface area contributed by atoms with E-state index in [0.717, 1.165) is 38.3 Å². The minimum Gasteiger partial charge on any atom is -0.369 e. The van der Waals surface area contributed by atoms with E-state index in [2.05, 4.69) is 0 Å². The fraction of sp³-hybridized carbons (Fsp3) is 0.308. The lowest BCUT2D eigenvalue weighted by atomic mass is 9.95. The number of nitrogens with two attached hydrogens (primary N) is 1. The number of piperidine rings is 1. The molecule has 2 aromatic carbocycles. The van der Waals surface area contributed by atoms with Crippen LogP contribution < -0.4 is 5.73 Å². The van der Waals surface area contributed by atoms with Crippen LogP contribution in [0.2, 0.25) is 0 Å². The van der Waals surface area contributed by atoms with Gasteiger partial charge < -0.3 is 10.6 Å². The number of halogens is 1. The predicted octanol–water partition coefficient (Wildman–Crippen LogP) is 4.00. The highest BCUT2D eigenvalue weighted by Gasteiger charge is 2.30. The maximum absolute atomic E-state index is 14.1. The largest absolute Gasteiger partial charge is 0.369 e. The minimum atomic E-state index is -1.05. The first-order chi connectivity index (χ1) is 15.7. The van der Waals surface area contributed by atoms with E-state index in [0.29, 0.717) is 25.9 Å². The SMILES string of the molecule is CC1=C(CC(=O)N2CCC(C(N)=O)CC2)c2cc(F)ccc2/C1=C/c1ccc([S@](C)=O)cc1. The van der Waals surface area contributed by atoms with Gasteiger partial charge in [0.1, 0.15) is 5.82 Å². The highest BCUT2D eigenvalue weighted by Crippen LogP contribution is 2.44. The first kappa shape index (κ1) is 23.1. The third kappa shape index (κ3) is 4.83. The van der Waals surface area contributed by atoms with E-state index in [1.54, 1.807) is 17.2 Å². The molecule has 172 valence electrons. The van der Waals surface area contributed by atoms with Gasteiger partial charge in [0.25, 0.3) is 0 Å². The zero-order valence-corrected chi connectivity index (χ0v) is 19.6. The summed E-state index contributed by atoms with van der Waals surface area (Å²) < 4.78 is 25.8. The van der Waals surface area contributed by atoms with Crippen molar-refractivity contribution in [2.45, 2.75) is 31.1 Å². The quantitative estimate of drug-likeness (QED) is 0.723. The fourth-order valence-electron chi connectivity index (χ4n) is 4.58. The van der Waals surface area contributed by atoms with Gasteiger partial charge in [0, 0.05) is 41.0 Å². The van der Waals surface area contributed by atoms with Crippen LogP contribution in [0.1, 0.15) is 42.9 Å². The highest BCUT2D eigenvalue weighted by atomic mass is 32.2.